The van der Waals surface area contributed by atoms with Gasteiger partial charge in [-0.15, -0.1) is 0 Å². The van der Waals surface area contributed by atoms with E-state index in [1.165, 1.54) is 0 Å². The maximum Gasteiger partial charge on any atom is 0.126 e. The SMILES string of the molecule is COC[C@@H](N)c1cccc(C)c1OC. The first kappa shape index (κ1) is 11.0. The van der Waals surface area contributed by atoms with Crippen LogP contribution in [0.1, 0.15) is 17.2 Å². The molecule has 0 fully saturated rings. The summed E-state index contributed by atoms with van der Waals surface area (Å²) >= 11 is 0. The minimum absolute atomic E-state index is 0.130. The zero-order valence-electron chi connectivity index (χ0n) is 8.91. The van der Waals surface area contributed by atoms with Crippen molar-refractivity contribution in [3.8, 4) is 5.75 Å². The standard InChI is InChI=1S/C11H17NO2/c1-8-5-4-6-9(11(8)14-3)10(12)7-13-2/h4-6,10H,7,12H2,1-3H3/t10-/m1/s1. The molecule has 0 saturated carbocycles. The lowest BCUT2D eigenvalue weighted by molar-refractivity contribution is 0.179. The van der Waals surface area contributed by atoms with Crippen molar-refractivity contribution in [1.82, 2.24) is 0 Å². The summed E-state index contributed by atoms with van der Waals surface area (Å²) in [7, 11) is 3.30. The molecule has 0 spiro atoms. The summed E-state index contributed by atoms with van der Waals surface area (Å²) in [5.41, 5.74) is 8.03. The third-order valence-corrected chi connectivity index (χ3v) is 2.19. The van der Waals surface area contributed by atoms with Gasteiger partial charge in [0.15, 0.2) is 0 Å². The van der Waals surface area contributed by atoms with Crippen molar-refractivity contribution in [2.24, 2.45) is 5.73 Å². The van der Waals surface area contributed by atoms with Gasteiger partial charge in [0.05, 0.1) is 19.8 Å². The molecule has 1 aromatic carbocycles. The van der Waals surface area contributed by atoms with E-state index in [4.69, 9.17) is 15.2 Å². The third-order valence-electron chi connectivity index (χ3n) is 2.19. The van der Waals surface area contributed by atoms with E-state index in [1.54, 1.807) is 14.2 Å². The van der Waals surface area contributed by atoms with E-state index in [-0.39, 0.29) is 6.04 Å². The number of methoxy groups -OCH3 is 2. The van der Waals surface area contributed by atoms with Crippen molar-refractivity contribution in [3.63, 3.8) is 0 Å². The van der Waals surface area contributed by atoms with Crippen molar-refractivity contribution >= 4 is 0 Å². The maximum atomic E-state index is 5.95. The topological polar surface area (TPSA) is 44.5 Å². The zero-order chi connectivity index (χ0) is 10.6. The van der Waals surface area contributed by atoms with Crippen molar-refractivity contribution in [2.45, 2.75) is 13.0 Å². The first-order chi connectivity index (χ1) is 6.70. The van der Waals surface area contributed by atoms with Crippen molar-refractivity contribution in [3.05, 3.63) is 29.3 Å². The molecule has 14 heavy (non-hydrogen) atoms. The Hall–Kier alpha value is -1.06. The smallest absolute Gasteiger partial charge is 0.126 e. The van der Waals surface area contributed by atoms with Crippen LogP contribution in [0.2, 0.25) is 0 Å². The molecule has 3 nitrogen and oxygen atoms in total. The summed E-state index contributed by atoms with van der Waals surface area (Å²) in [4.78, 5) is 0. The first-order valence-corrected chi connectivity index (χ1v) is 4.58. The van der Waals surface area contributed by atoms with Gasteiger partial charge in [0.1, 0.15) is 5.75 Å². The Morgan fingerprint density at radius 3 is 2.64 bits per heavy atom. The van der Waals surface area contributed by atoms with Crippen LogP contribution in [0.3, 0.4) is 0 Å². The molecule has 0 radical (unpaired) electrons. The molecule has 0 aliphatic heterocycles. The van der Waals surface area contributed by atoms with Crippen molar-refractivity contribution in [1.29, 1.82) is 0 Å². The van der Waals surface area contributed by atoms with E-state index in [0.717, 1.165) is 16.9 Å². The van der Waals surface area contributed by atoms with Crippen LogP contribution in [0.4, 0.5) is 0 Å². The summed E-state index contributed by atoms with van der Waals surface area (Å²) in [6.45, 7) is 2.50. The van der Waals surface area contributed by atoms with Crippen molar-refractivity contribution < 1.29 is 9.47 Å². The second-order valence-corrected chi connectivity index (χ2v) is 3.26. The predicted octanol–water partition coefficient (Wildman–Crippen LogP) is 1.65. The van der Waals surface area contributed by atoms with Crippen LogP contribution in [0.5, 0.6) is 5.75 Å². The molecule has 0 saturated heterocycles. The Labute approximate surface area is 84.8 Å². The average Bonchev–Trinajstić information content (AvgIpc) is 2.17. The minimum Gasteiger partial charge on any atom is -0.496 e. The van der Waals surface area contributed by atoms with Gasteiger partial charge in [-0.1, -0.05) is 18.2 Å². The summed E-state index contributed by atoms with van der Waals surface area (Å²) in [5.74, 6) is 0.858. The summed E-state index contributed by atoms with van der Waals surface area (Å²) in [6, 6.07) is 5.81. The highest BCUT2D eigenvalue weighted by atomic mass is 16.5. The molecular weight excluding hydrogens is 178 g/mol. The predicted molar refractivity (Wildman–Crippen MR) is 56.5 cm³/mol. The Kier molecular flexibility index (Phi) is 3.92. The van der Waals surface area contributed by atoms with E-state index >= 15 is 0 Å². The highest BCUT2D eigenvalue weighted by Gasteiger charge is 2.12. The lowest BCUT2D eigenvalue weighted by atomic mass is 10.0. The number of para-hydroxylation sites is 1. The molecule has 0 aliphatic carbocycles. The summed E-state index contributed by atoms with van der Waals surface area (Å²) in [6.07, 6.45) is 0. The second kappa shape index (κ2) is 4.98. The van der Waals surface area contributed by atoms with Crippen LogP contribution in [0.15, 0.2) is 18.2 Å². The molecule has 1 rings (SSSR count). The third kappa shape index (κ3) is 2.25. The van der Waals surface area contributed by atoms with Gasteiger partial charge in [-0.05, 0) is 12.5 Å². The minimum atomic E-state index is -0.130. The Bertz CT molecular complexity index is 299. The molecule has 1 atom stereocenters. The first-order valence-electron chi connectivity index (χ1n) is 4.58. The van der Waals surface area contributed by atoms with E-state index in [0.29, 0.717) is 6.61 Å². The molecular formula is C11H17NO2. The van der Waals surface area contributed by atoms with Gasteiger partial charge >= 0.3 is 0 Å². The Morgan fingerprint density at radius 1 is 1.36 bits per heavy atom. The monoisotopic (exact) mass is 195 g/mol. The van der Waals surface area contributed by atoms with E-state index in [2.05, 4.69) is 0 Å². The quantitative estimate of drug-likeness (QED) is 0.794. The lowest BCUT2D eigenvalue weighted by Gasteiger charge is -2.16. The average molecular weight is 195 g/mol. The number of rotatable bonds is 4. The van der Waals surface area contributed by atoms with Crippen LogP contribution in [0.25, 0.3) is 0 Å². The number of hydrogen-bond acceptors (Lipinski definition) is 3. The van der Waals surface area contributed by atoms with Crippen molar-refractivity contribution in [2.75, 3.05) is 20.8 Å². The van der Waals surface area contributed by atoms with Gasteiger partial charge in [-0.2, -0.15) is 0 Å². The van der Waals surface area contributed by atoms with Gasteiger partial charge in [0, 0.05) is 12.7 Å². The molecule has 0 unspecified atom stereocenters. The number of aryl methyl sites for hydroxylation is 1. The van der Waals surface area contributed by atoms with Crippen LogP contribution in [0, 0.1) is 6.92 Å². The molecule has 1 aromatic rings. The molecule has 0 amide bonds. The molecule has 3 heteroatoms. The van der Waals surface area contributed by atoms with Crippen LogP contribution < -0.4 is 10.5 Å². The highest BCUT2D eigenvalue weighted by Crippen LogP contribution is 2.27. The lowest BCUT2D eigenvalue weighted by Crippen LogP contribution is -2.17. The largest absolute Gasteiger partial charge is 0.496 e. The molecule has 78 valence electrons. The molecule has 2 N–H and O–H groups in total. The van der Waals surface area contributed by atoms with Gasteiger partial charge in [-0.3, -0.25) is 0 Å². The number of ether oxygens (including phenoxy) is 2. The van der Waals surface area contributed by atoms with E-state index < -0.39 is 0 Å². The zero-order valence-corrected chi connectivity index (χ0v) is 8.91. The fourth-order valence-electron chi connectivity index (χ4n) is 1.52. The Morgan fingerprint density at radius 2 is 2.07 bits per heavy atom. The van der Waals surface area contributed by atoms with E-state index in [9.17, 15) is 0 Å². The number of nitrogens with two attached hydrogens (primary N) is 1. The highest BCUT2D eigenvalue weighted by molar-refractivity contribution is 5.42. The van der Waals surface area contributed by atoms with Gasteiger partial charge in [-0.25, -0.2) is 0 Å². The van der Waals surface area contributed by atoms with Gasteiger partial charge in [0.2, 0.25) is 0 Å². The second-order valence-electron chi connectivity index (χ2n) is 3.26. The molecule has 0 bridgehead atoms. The Balaban J connectivity index is 3.00. The molecule has 0 aliphatic rings. The normalized spacial score (nSPS) is 12.6. The van der Waals surface area contributed by atoms with Crippen LogP contribution in [-0.2, 0) is 4.74 Å². The van der Waals surface area contributed by atoms with Crippen LogP contribution in [-0.4, -0.2) is 20.8 Å². The maximum absolute atomic E-state index is 5.95. The number of benzene rings is 1. The van der Waals surface area contributed by atoms with E-state index in [1.807, 2.05) is 25.1 Å². The number of hydrogen-bond donors (Lipinski definition) is 1. The summed E-state index contributed by atoms with van der Waals surface area (Å²) < 4.78 is 10.3. The van der Waals surface area contributed by atoms with Gasteiger partial charge < -0.3 is 15.2 Å². The fraction of sp³-hybridized carbons (Fsp3) is 0.455. The summed E-state index contributed by atoms with van der Waals surface area (Å²) in [5, 5.41) is 0. The van der Waals surface area contributed by atoms with Gasteiger partial charge in [0.25, 0.3) is 0 Å². The molecule has 0 aromatic heterocycles. The fourth-order valence-corrected chi connectivity index (χ4v) is 1.52. The molecule has 0 heterocycles. The van der Waals surface area contributed by atoms with Crippen LogP contribution >= 0.6 is 0 Å².